The highest BCUT2D eigenvalue weighted by molar-refractivity contribution is 6.13. The second-order valence-corrected chi connectivity index (χ2v) is 13.2. The van der Waals surface area contributed by atoms with Gasteiger partial charge >= 0.3 is 0 Å². The van der Waals surface area contributed by atoms with Crippen LogP contribution in [0, 0.1) is 11.3 Å². The molecule has 10 rings (SSSR count). The molecule has 0 atom stereocenters. The third kappa shape index (κ3) is 4.59. The van der Waals surface area contributed by atoms with Crippen molar-refractivity contribution in [3.63, 3.8) is 0 Å². The van der Waals surface area contributed by atoms with Crippen LogP contribution in [0.4, 0.5) is 0 Å². The molecule has 10 aromatic rings. The first-order valence-corrected chi connectivity index (χ1v) is 17.6. The van der Waals surface area contributed by atoms with Gasteiger partial charge in [0.05, 0.1) is 39.4 Å². The van der Waals surface area contributed by atoms with Gasteiger partial charge < -0.3 is 9.13 Å². The molecule has 0 unspecified atom stereocenters. The predicted molar refractivity (Wildman–Crippen MR) is 216 cm³/mol. The molecule has 0 N–H and O–H groups in total. The minimum absolute atomic E-state index is 0.644. The summed E-state index contributed by atoms with van der Waals surface area (Å²) in [6.45, 7) is 0. The van der Waals surface area contributed by atoms with Crippen LogP contribution in [0.5, 0.6) is 0 Å². The second kappa shape index (κ2) is 12.0. The van der Waals surface area contributed by atoms with Gasteiger partial charge in [0.25, 0.3) is 0 Å². The average molecular weight is 662 g/mol. The van der Waals surface area contributed by atoms with Crippen molar-refractivity contribution in [2.24, 2.45) is 0 Å². The fourth-order valence-electron chi connectivity index (χ4n) is 8.06. The number of hydrogen-bond acceptors (Lipinski definition) is 1. The molecule has 0 saturated heterocycles. The first-order valence-electron chi connectivity index (χ1n) is 17.6. The van der Waals surface area contributed by atoms with E-state index in [9.17, 15) is 5.26 Å². The van der Waals surface area contributed by atoms with Crippen LogP contribution >= 0.6 is 0 Å². The minimum Gasteiger partial charge on any atom is -0.309 e. The van der Waals surface area contributed by atoms with E-state index >= 15 is 0 Å². The highest BCUT2D eigenvalue weighted by atomic mass is 15.0. The maximum Gasteiger partial charge on any atom is 0.0998 e. The SMILES string of the molecule is N#Cc1ccc(-c2ccccc2)c(-n2c3ccccc3c3cc(-c4ccc5c6ccccc6n(-c6ccccc6)c5c4)ccc32)c1-c1ccccc1. The number of nitriles is 1. The third-order valence-electron chi connectivity index (χ3n) is 10.4. The van der Waals surface area contributed by atoms with Crippen molar-refractivity contribution in [2.75, 3.05) is 0 Å². The predicted octanol–water partition coefficient (Wildman–Crippen LogP) is 12.8. The molecule has 242 valence electrons. The van der Waals surface area contributed by atoms with Crippen LogP contribution < -0.4 is 0 Å². The molecule has 0 spiro atoms. The van der Waals surface area contributed by atoms with Crippen molar-refractivity contribution >= 4 is 43.6 Å². The fourth-order valence-corrected chi connectivity index (χ4v) is 8.06. The lowest BCUT2D eigenvalue weighted by atomic mass is 9.91. The third-order valence-corrected chi connectivity index (χ3v) is 10.4. The van der Waals surface area contributed by atoms with E-state index in [1.807, 2.05) is 30.3 Å². The lowest BCUT2D eigenvalue weighted by Crippen LogP contribution is -2.02. The van der Waals surface area contributed by atoms with Gasteiger partial charge in [-0.15, -0.1) is 0 Å². The minimum atomic E-state index is 0.644. The Kier molecular flexibility index (Phi) is 6.87. The molecule has 0 saturated carbocycles. The van der Waals surface area contributed by atoms with Crippen molar-refractivity contribution in [2.45, 2.75) is 0 Å². The molecular weight excluding hydrogens is 631 g/mol. The van der Waals surface area contributed by atoms with Crippen LogP contribution in [0.15, 0.2) is 188 Å². The maximum absolute atomic E-state index is 10.5. The first kappa shape index (κ1) is 29.7. The molecular formula is C49H31N3. The van der Waals surface area contributed by atoms with Crippen LogP contribution in [-0.4, -0.2) is 9.13 Å². The number of fused-ring (bicyclic) bond motifs is 6. The number of aromatic nitrogens is 2. The molecule has 8 aromatic carbocycles. The standard InChI is InChI=1S/C49H31N3/c50-32-37-25-27-39(33-14-4-1-5-15-33)49(48(37)34-16-6-2-7-17-34)52-45-23-13-11-21-41(45)43-30-35(26-29-46(43)52)36-24-28-42-40-20-10-12-22-44(40)51(47(42)31-36)38-18-8-3-9-19-38/h1-31H. The van der Waals surface area contributed by atoms with E-state index in [4.69, 9.17) is 0 Å². The fraction of sp³-hybridized carbons (Fsp3) is 0. The van der Waals surface area contributed by atoms with Gasteiger partial charge in [-0.2, -0.15) is 5.26 Å². The molecule has 0 aliphatic heterocycles. The molecule has 52 heavy (non-hydrogen) atoms. The van der Waals surface area contributed by atoms with Crippen LogP contribution in [-0.2, 0) is 0 Å². The summed E-state index contributed by atoms with van der Waals surface area (Å²) in [5.41, 5.74) is 13.8. The summed E-state index contributed by atoms with van der Waals surface area (Å²) in [5, 5.41) is 15.3. The molecule has 0 amide bonds. The lowest BCUT2D eigenvalue weighted by Gasteiger charge is -2.20. The normalized spacial score (nSPS) is 11.4. The van der Waals surface area contributed by atoms with Gasteiger partial charge in [0, 0.05) is 38.4 Å². The molecule has 3 heteroatoms. The van der Waals surface area contributed by atoms with E-state index in [0.717, 1.165) is 61.2 Å². The van der Waals surface area contributed by atoms with E-state index in [1.165, 1.54) is 27.2 Å². The molecule has 0 fully saturated rings. The smallest absolute Gasteiger partial charge is 0.0998 e. The van der Waals surface area contributed by atoms with E-state index in [2.05, 4.69) is 173 Å². The Morgan fingerprint density at radius 2 is 0.904 bits per heavy atom. The quantitative estimate of drug-likeness (QED) is 0.181. The first-order chi connectivity index (χ1) is 25.8. The monoisotopic (exact) mass is 661 g/mol. The number of para-hydroxylation sites is 3. The molecule has 0 radical (unpaired) electrons. The van der Waals surface area contributed by atoms with E-state index < -0.39 is 0 Å². The van der Waals surface area contributed by atoms with Crippen molar-refractivity contribution in [3.05, 3.63) is 194 Å². The summed E-state index contributed by atoms with van der Waals surface area (Å²) < 4.78 is 4.74. The Morgan fingerprint density at radius 1 is 0.365 bits per heavy atom. The van der Waals surface area contributed by atoms with Crippen molar-refractivity contribution in [3.8, 4) is 50.8 Å². The van der Waals surface area contributed by atoms with Gasteiger partial charge in [-0.3, -0.25) is 0 Å². The van der Waals surface area contributed by atoms with Gasteiger partial charge in [-0.05, 0) is 70.8 Å². The Bertz CT molecular complexity index is 3000. The van der Waals surface area contributed by atoms with Crippen LogP contribution in [0.2, 0.25) is 0 Å². The highest BCUT2D eigenvalue weighted by Gasteiger charge is 2.23. The van der Waals surface area contributed by atoms with Crippen molar-refractivity contribution in [1.82, 2.24) is 9.13 Å². The lowest BCUT2D eigenvalue weighted by molar-refractivity contribution is 1.18. The molecule has 0 bridgehead atoms. The Labute approximate surface area is 301 Å². The highest BCUT2D eigenvalue weighted by Crippen LogP contribution is 2.44. The summed E-state index contributed by atoms with van der Waals surface area (Å²) in [6.07, 6.45) is 0. The zero-order valence-electron chi connectivity index (χ0n) is 28.2. The zero-order chi connectivity index (χ0) is 34.6. The van der Waals surface area contributed by atoms with Gasteiger partial charge in [0.2, 0.25) is 0 Å². The number of hydrogen-bond donors (Lipinski definition) is 0. The molecule has 2 heterocycles. The summed E-state index contributed by atoms with van der Waals surface area (Å²) in [7, 11) is 0. The number of benzene rings is 8. The summed E-state index contributed by atoms with van der Waals surface area (Å²) >= 11 is 0. The summed E-state index contributed by atoms with van der Waals surface area (Å²) in [4.78, 5) is 0. The van der Waals surface area contributed by atoms with Crippen LogP contribution in [0.25, 0.3) is 88.4 Å². The molecule has 2 aromatic heterocycles. The Morgan fingerprint density at radius 3 is 1.62 bits per heavy atom. The molecule has 0 aliphatic rings. The molecule has 0 aliphatic carbocycles. The van der Waals surface area contributed by atoms with Gasteiger partial charge in [-0.1, -0.05) is 140 Å². The van der Waals surface area contributed by atoms with E-state index in [0.29, 0.717) is 5.56 Å². The van der Waals surface area contributed by atoms with Gasteiger partial charge in [0.1, 0.15) is 0 Å². The summed E-state index contributed by atoms with van der Waals surface area (Å²) in [6, 6.07) is 69.0. The second-order valence-electron chi connectivity index (χ2n) is 13.2. The van der Waals surface area contributed by atoms with Gasteiger partial charge in [-0.25, -0.2) is 0 Å². The number of rotatable bonds is 5. The van der Waals surface area contributed by atoms with E-state index in [-0.39, 0.29) is 0 Å². The zero-order valence-corrected chi connectivity index (χ0v) is 28.2. The average Bonchev–Trinajstić information content (AvgIpc) is 3.73. The maximum atomic E-state index is 10.5. The van der Waals surface area contributed by atoms with Crippen molar-refractivity contribution in [1.29, 1.82) is 5.26 Å². The molecule has 3 nitrogen and oxygen atoms in total. The Balaban J connectivity index is 1.25. The Hall–Kier alpha value is -7.15. The largest absolute Gasteiger partial charge is 0.309 e. The number of nitrogens with zero attached hydrogens (tertiary/aromatic N) is 3. The van der Waals surface area contributed by atoms with Gasteiger partial charge in [0.15, 0.2) is 0 Å². The summed E-state index contributed by atoms with van der Waals surface area (Å²) in [5.74, 6) is 0. The van der Waals surface area contributed by atoms with Crippen molar-refractivity contribution < 1.29 is 0 Å². The topological polar surface area (TPSA) is 33.6 Å². The van der Waals surface area contributed by atoms with E-state index in [1.54, 1.807) is 0 Å². The van der Waals surface area contributed by atoms with Crippen LogP contribution in [0.3, 0.4) is 0 Å². The van der Waals surface area contributed by atoms with Crippen LogP contribution in [0.1, 0.15) is 5.56 Å².